The minimum atomic E-state index is 0.322. The zero-order valence-electron chi connectivity index (χ0n) is 11.0. The van der Waals surface area contributed by atoms with Gasteiger partial charge in [-0.05, 0) is 6.92 Å². The lowest BCUT2D eigenvalue weighted by molar-refractivity contribution is 0.939. The van der Waals surface area contributed by atoms with Crippen molar-refractivity contribution in [3.63, 3.8) is 0 Å². The standard InChI is InChI=1S/C10H16N8S/c1-6-7(19-5-13-6)4-12-8-14-9(17-11)16-10(15-8)18(2)3/h5H,4,11H2,1-3H3,(H2,12,14,15,16,17). The van der Waals surface area contributed by atoms with E-state index in [4.69, 9.17) is 5.84 Å². The molecule has 2 aromatic rings. The second-order valence-electron chi connectivity index (χ2n) is 4.04. The van der Waals surface area contributed by atoms with Crippen LogP contribution < -0.4 is 21.5 Å². The molecule has 0 aliphatic carbocycles. The SMILES string of the molecule is Cc1ncsc1CNc1nc(NN)nc(N(C)C)n1. The molecular formula is C10H16N8S. The molecule has 0 amide bonds. The fourth-order valence-electron chi connectivity index (χ4n) is 1.36. The summed E-state index contributed by atoms with van der Waals surface area (Å²) < 4.78 is 0. The first-order valence-electron chi connectivity index (χ1n) is 5.63. The summed E-state index contributed by atoms with van der Waals surface area (Å²) in [5.41, 5.74) is 5.26. The van der Waals surface area contributed by atoms with Crippen molar-refractivity contribution in [3.05, 3.63) is 16.1 Å². The van der Waals surface area contributed by atoms with E-state index >= 15 is 0 Å². The minimum absolute atomic E-state index is 0.322. The van der Waals surface area contributed by atoms with Crippen LogP contribution >= 0.6 is 11.3 Å². The molecule has 0 saturated heterocycles. The van der Waals surface area contributed by atoms with Gasteiger partial charge in [0.2, 0.25) is 17.8 Å². The Morgan fingerprint density at radius 1 is 1.26 bits per heavy atom. The first kappa shape index (κ1) is 13.4. The van der Waals surface area contributed by atoms with Gasteiger partial charge >= 0.3 is 0 Å². The average molecular weight is 280 g/mol. The largest absolute Gasteiger partial charge is 0.349 e. The van der Waals surface area contributed by atoms with Gasteiger partial charge in [0.05, 0.1) is 17.7 Å². The number of nitrogens with zero attached hydrogens (tertiary/aromatic N) is 5. The number of nitrogen functional groups attached to an aromatic ring is 1. The molecule has 2 heterocycles. The molecule has 0 saturated carbocycles. The maximum absolute atomic E-state index is 5.35. The number of thiazole rings is 1. The fraction of sp³-hybridized carbons (Fsp3) is 0.400. The van der Waals surface area contributed by atoms with Crippen molar-refractivity contribution in [2.75, 3.05) is 29.7 Å². The molecule has 8 nitrogen and oxygen atoms in total. The van der Waals surface area contributed by atoms with Gasteiger partial charge in [0.1, 0.15) is 0 Å². The predicted molar refractivity (Wildman–Crippen MR) is 76.1 cm³/mol. The van der Waals surface area contributed by atoms with Gasteiger partial charge in [-0.25, -0.2) is 10.8 Å². The number of aryl methyl sites for hydroxylation is 1. The Kier molecular flexibility index (Phi) is 4.07. The lowest BCUT2D eigenvalue weighted by atomic mass is 10.4. The summed E-state index contributed by atoms with van der Waals surface area (Å²) in [6, 6.07) is 0. The van der Waals surface area contributed by atoms with Crippen LogP contribution in [0, 0.1) is 6.92 Å². The number of nitrogens with two attached hydrogens (primary N) is 1. The monoisotopic (exact) mass is 280 g/mol. The van der Waals surface area contributed by atoms with Crippen LogP contribution in [0.15, 0.2) is 5.51 Å². The highest BCUT2D eigenvalue weighted by Gasteiger charge is 2.08. The van der Waals surface area contributed by atoms with E-state index in [9.17, 15) is 0 Å². The molecule has 9 heteroatoms. The van der Waals surface area contributed by atoms with Crippen LogP contribution in [-0.2, 0) is 6.54 Å². The molecule has 4 N–H and O–H groups in total. The van der Waals surface area contributed by atoms with E-state index in [1.807, 2.05) is 26.5 Å². The quantitative estimate of drug-likeness (QED) is 0.540. The van der Waals surface area contributed by atoms with Crippen LogP contribution in [0.5, 0.6) is 0 Å². The molecule has 0 spiro atoms. The molecule has 0 radical (unpaired) electrons. The van der Waals surface area contributed by atoms with E-state index in [0.29, 0.717) is 24.4 Å². The Morgan fingerprint density at radius 2 is 2.00 bits per heavy atom. The lowest BCUT2D eigenvalue weighted by Gasteiger charge is -2.12. The highest BCUT2D eigenvalue weighted by Crippen LogP contribution is 2.15. The maximum Gasteiger partial charge on any atom is 0.243 e. The van der Waals surface area contributed by atoms with Gasteiger partial charge in [-0.2, -0.15) is 15.0 Å². The Morgan fingerprint density at radius 3 is 2.58 bits per heavy atom. The summed E-state index contributed by atoms with van der Waals surface area (Å²) in [4.78, 5) is 19.7. The fourth-order valence-corrected chi connectivity index (χ4v) is 2.08. The molecule has 0 atom stereocenters. The summed E-state index contributed by atoms with van der Waals surface area (Å²) in [5, 5.41) is 3.14. The third kappa shape index (κ3) is 3.26. The van der Waals surface area contributed by atoms with Crippen molar-refractivity contribution in [1.82, 2.24) is 19.9 Å². The Bertz CT molecular complexity index is 552. The molecule has 19 heavy (non-hydrogen) atoms. The van der Waals surface area contributed by atoms with Crippen molar-refractivity contribution in [1.29, 1.82) is 0 Å². The number of nitrogens with one attached hydrogen (secondary N) is 2. The zero-order valence-corrected chi connectivity index (χ0v) is 11.8. The normalized spacial score (nSPS) is 10.3. The molecule has 0 fully saturated rings. The van der Waals surface area contributed by atoms with Crippen molar-refractivity contribution in [2.24, 2.45) is 5.84 Å². The van der Waals surface area contributed by atoms with Crippen molar-refractivity contribution >= 4 is 29.2 Å². The third-order valence-electron chi connectivity index (χ3n) is 2.40. The molecule has 102 valence electrons. The summed E-state index contributed by atoms with van der Waals surface area (Å²) in [6.45, 7) is 2.59. The molecule has 0 aliphatic heterocycles. The van der Waals surface area contributed by atoms with Crippen LogP contribution in [0.4, 0.5) is 17.8 Å². The predicted octanol–water partition coefficient (Wildman–Crippen LogP) is 0.600. The van der Waals surface area contributed by atoms with Crippen LogP contribution in [0.1, 0.15) is 10.6 Å². The van der Waals surface area contributed by atoms with E-state index in [1.54, 1.807) is 16.2 Å². The molecule has 0 aromatic carbocycles. The van der Waals surface area contributed by atoms with E-state index in [-0.39, 0.29) is 0 Å². The average Bonchev–Trinajstić information content (AvgIpc) is 2.81. The van der Waals surface area contributed by atoms with E-state index in [2.05, 4.69) is 30.7 Å². The van der Waals surface area contributed by atoms with Gasteiger partial charge < -0.3 is 10.2 Å². The van der Waals surface area contributed by atoms with Crippen molar-refractivity contribution in [3.8, 4) is 0 Å². The first-order chi connectivity index (χ1) is 9.10. The maximum atomic E-state index is 5.35. The zero-order chi connectivity index (χ0) is 13.8. The lowest BCUT2D eigenvalue weighted by Crippen LogP contribution is -2.19. The summed E-state index contributed by atoms with van der Waals surface area (Å²) >= 11 is 1.59. The van der Waals surface area contributed by atoms with Crippen LogP contribution in [0.3, 0.4) is 0 Å². The molecule has 0 aliphatic rings. The van der Waals surface area contributed by atoms with Gasteiger partial charge in [-0.1, -0.05) is 0 Å². The van der Waals surface area contributed by atoms with Gasteiger partial charge in [-0.15, -0.1) is 11.3 Å². The third-order valence-corrected chi connectivity index (χ3v) is 3.34. The van der Waals surface area contributed by atoms with Crippen LogP contribution in [-0.4, -0.2) is 34.0 Å². The molecular weight excluding hydrogens is 264 g/mol. The molecule has 2 aromatic heterocycles. The van der Waals surface area contributed by atoms with E-state index < -0.39 is 0 Å². The summed E-state index contributed by atoms with van der Waals surface area (Å²) in [7, 11) is 3.71. The summed E-state index contributed by atoms with van der Waals surface area (Å²) in [6.07, 6.45) is 0. The number of rotatable bonds is 5. The van der Waals surface area contributed by atoms with Crippen molar-refractivity contribution < 1.29 is 0 Å². The number of aromatic nitrogens is 4. The number of hydrogen-bond donors (Lipinski definition) is 3. The highest BCUT2D eigenvalue weighted by atomic mass is 32.1. The molecule has 2 rings (SSSR count). The van der Waals surface area contributed by atoms with Crippen molar-refractivity contribution in [2.45, 2.75) is 13.5 Å². The minimum Gasteiger partial charge on any atom is -0.349 e. The van der Waals surface area contributed by atoms with E-state index in [1.165, 1.54) is 0 Å². The number of hydrogen-bond acceptors (Lipinski definition) is 9. The van der Waals surface area contributed by atoms with Gasteiger partial charge in [-0.3, -0.25) is 5.43 Å². The Hall–Kier alpha value is -2.00. The number of hydrazine groups is 1. The summed E-state index contributed by atoms with van der Waals surface area (Å²) in [5.74, 6) is 6.67. The van der Waals surface area contributed by atoms with Gasteiger partial charge in [0.15, 0.2) is 0 Å². The van der Waals surface area contributed by atoms with E-state index in [0.717, 1.165) is 10.6 Å². The highest BCUT2D eigenvalue weighted by molar-refractivity contribution is 7.09. The molecule has 0 bridgehead atoms. The topological polar surface area (TPSA) is 105 Å². The smallest absolute Gasteiger partial charge is 0.243 e. The van der Waals surface area contributed by atoms with Gasteiger partial charge in [0, 0.05) is 19.0 Å². The van der Waals surface area contributed by atoms with Crippen LogP contribution in [0.25, 0.3) is 0 Å². The van der Waals surface area contributed by atoms with Crippen LogP contribution in [0.2, 0.25) is 0 Å². The van der Waals surface area contributed by atoms with Gasteiger partial charge in [0.25, 0.3) is 0 Å². The second kappa shape index (κ2) is 5.76. The Balaban J connectivity index is 2.15. The second-order valence-corrected chi connectivity index (χ2v) is 4.98. The molecule has 0 unspecified atom stereocenters. The Labute approximate surface area is 115 Å². The first-order valence-corrected chi connectivity index (χ1v) is 6.51. The number of anilines is 3.